The summed E-state index contributed by atoms with van der Waals surface area (Å²) in [5, 5.41) is 12.5. The van der Waals surface area contributed by atoms with E-state index in [2.05, 4.69) is 26.1 Å². The molecule has 1 heterocycles. The standard InChI is InChI=1S/C13H25F3N2O/c1-12(2,3)17-8-10-4-6-18(7-5-10)9-11(19)13(14,15)16/h10-11,17,19H,4-9H2,1-3H3. The molecule has 0 saturated carbocycles. The molecule has 6 heteroatoms. The highest BCUT2D eigenvalue weighted by Crippen LogP contribution is 2.23. The Kier molecular flexibility index (Phi) is 5.65. The van der Waals surface area contributed by atoms with Crippen LogP contribution in [0.3, 0.4) is 0 Å². The maximum absolute atomic E-state index is 12.2. The molecule has 19 heavy (non-hydrogen) atoms. The minimum absolute atomic E-state index is 0.0730. The van der Waals surface area contributed by atoms with E-state index in [0.717, 1.165) is 19.4 Å². The fraction of sp³-hybridized carbons (Fsp3) is 1.00. The summed E-state index contributed by atoms with van der Waals surface area (Å²) in [5.74, 6) is 0.513. The van der Waals surface area contributed by atoms with Crippen molar-refractivity contribution in [3.05, 3.63) is 0 Å². The van der Waals surface area contributed by atoms with Gasteiger partial charge in [-0.2, -0.15) is 13.2 Å². The highest BCUT2D eigenvalue weighted by Gasteiger charge is 2.39. The number of hydrogen-bond acceptors (Lipinski definition) is 3. The molecule has 1 unspecified atom stereocenters. The van der Waals surface area contributed by atoms with Crippen molar-refractivity contribution >= 4 is 0 Å². The van der Waals surface area contributed by atoms with Crippen molar-refractivity contribution in [2.45, 2.75) is 51.4 Å². The Bertz CT molecular complexity index is 268. The Hall–Kier alpha value is -0.330. The summed E-state index contributed by atoms with van der Waals surface area (Å²) in [7, 11) is 0. The van der Waals surface area contributed by atoms with Gasteiger partial charge in [0.05, 0.1) is 0 Å². The predicted octanol–water partition coefficient (Wildman–Crippen LogP) is 2.01. The van der Waals surface area contributed by atoms with Gasteiger partial charge in [-0.15, -0.1) is 0 Å². The van der Waals surface area contributed by atoms with Gasteiger partial charge >= 0.3 is 6.18 Å². The number of hydrogen-bond donors (Lipinski definition) is 2. The first-order valence-electron chi connectivity index (χ1n) is 6.80. The second-order valence-corrected chi connectivity index (χ2v) is 6.43. The molecule has 0 amide bonds. The molecule has 0 aliphatic carbocycles. The molecule has 1 aliphatic rings. The van der Waals surface area contributed by atoms with Gasteiger partial charge in [0.25, 0.3) is 0 Å². The van der Waals surface area contributed by atoms with Crippen LogP contribution in [0.1, 0.15) is 33.6 Å². The van der Waals surface area contributed by atoms with E-state index in [0.29, 0.717) is 19.0 Å². The minimum Gasteiger partial charge on any atom is -0.382 e. The van der Waals surface area contributed by atoms with Crippen molar-refractivity contribution in [2.24, 2.45) is 5.92 Å². The number of aliphatic hydroxyl groups excluding tert-OH is 1. The van der Waals surface area contributed by atoms with Gasteiger partial charge in [0.15, 0.2) is 6.10 Å². The molecule has 0 aromatic carbocycles. The van der Waals surface area contributed by atoms with Gasteiger partial charge in [0.2, 0.25) is 0 Å². The molecule has 3 nitrogen and oxygen atoms in total. The zero-order valence-electron chi connectivity index (χ0n) is 11.9. The lowest BCUT2D eigenvalue weighted by molar-refractivity contribution is -0.208. The van der Waals surface area contributed by atoms with Gasteiger partial charge in [-0.05, 0) is 59.2 Å². The van der Waals surface area contributed by atoms with Crippen LogP contribution in [0.5, 0.6) is 0 Å². The van der Waals surface area contributed by atoms with Gasteiger partial charge < -0.3 is 15.3 Å². The number of nitrogens with zero attached hydrogens (tertiary/aromatic N) is 1. The number of likely N-dealkylation sites (tertiary alicyclic amines) is 1. The third kappa shape index (κ3) is 6.58. The summed E-state index contributed by atoms with van der Waals surface area (Å²) in [5.41, 5.74) is 0.0730. The fourth-order valence-electron chi connectivity index (χ4n) is 2.17. The normalized spacial score (nSPS) is 21.6. The third-order valence-corrected chi connectivity index (χ3v) is 3.44. The van der Waals surface area contributed by atoms with Crippen molar-refractivity contribution in [3.8, 4) is 0 Å². The molecular weight excluding hydrogens is 257 g/mol. The molecule has 2 N–H and O–H groups in total. The maximum Gasteiger partial charge on any atom is 0.415 e. The van der Waals surface area contributed by atoms with Crippen molar-refractivity contribution in [3.63, 3.8) is 0 Å². The molecule has 1 fully saturated rings. The Morgan fingerprint density at radius 2 is 1.74 bits per heavy atom. The molecule has 1 aliphatic heterocycles. The van der Waals surface area contributed by atoms with Crippen LogP contribution >= 0.6 is 0 Å². The first kappa shape index (κ1) is 16.7. The summed E-state index contributed by atoms with van der Waals surface area (Å²) in [6.07, 6.45) is -4.97. The lowest BCUT2D eigenvalue weighted by atomic mass is 9.95. The van der Waals surface area contributed by atoms with Crippen LogP contribution in [0, 0.1) is 5.92 Å². The topological polar surface area (TPSA) is 35.5 Å². The first-order chi connectivity index (χ1) is 8.58. The molecule has 0 radical (unpaired) electrons. The quantitative estimate of drug-likeness (QED) is 0.828. The van der Waals surface area contributed by atoms with Crippen molar-refractivity contribution in [1.82, 2.24) is 10.2 Å². The summed E-state index contributed by atoms with van der Waals surface area (Å²) in [6, 6.07) is 0. The van der Waals surface area contributed by atoms with E-state index in [4.69, 9.17) is 5.11 Å². The minimum atomic E-state index is -4.51. The summed E-state index contributed by atoms with van der Waals surface area (Å²) in [6.45, 7) is 8.15. The second-order valence-electron chi connectivity index (χ2n) is 6.43. The molecule has 1 saturated heterocycles. The highest BCUT2D eigenvalue weighted by molar-refractivity contribution is 4.80. The Balaban J connectivity index is 2.26. The van der Waals surface area contributed by atoms with E-state index in [1.807, 2.05) is 0 Å². The predicted molar refractivity (Wildman–Crippen MR) is 69.0 cm³/mol. The number of halogens is 3. The van der Waals surface area contributed by atoms with Crippen molar-refractivity contribution in [1.29, 1.82) is 0 Å². The van der Waals surface area contributed by atoms with Gasteiger partial charge in [-0.1, -0.05) is 0 Å². The van der Waals surface area contributed by atoms with Crippen LogP contribution in [0.2, 0.25) is 0 Å². The first-order valence-corrected chi connectivity index (χ1v) is 6.80. The van der Waals surface area contributed by atoms with Crippen LogP contribution in [-0.2, 0) is 0 Å². The molecule has 1 rings (SSSR count). The lowest BCUT2D eigenvalue weighted by Crippen LogP contribution is -2.46. The molecule has 0 aromatic rings. The smallest absolute Gasteiger partial charge is 0.382 e. The highest BCUT2D eigenvalue weighted by atomic mass is 19.4. The molecule has 0 spiro atoms. The fourth-order valence-corrected chi connectivity index (χ4v) is 2.17. The number of β-amino-alcohol motifs (C(OH)–C–C–N with tert-alkyl or cyclic N) is 1. The van der Waals surface area contributed by atoms with Crippen molar-refractivity contribution in [2.75, 3.05) is 26.2 Å². The monoisotopic (exact) mass is 282 g/mol. The van der Waals surface area contributed by atoms with Crippen LogP contribution < -0.4 is 5.32 Å². The van der Waals surface area contributed by atoms with Crippen LogP contribution in [0.15, 0.2) is 0 Å². The summed E-state index contributed by atoms with van der Waals surface area (Å²) >= 11 is 0. The molecule has 0 bridgehead atoms. The second kappa shape index (κ2) is 6.41. The largest absolute Gasteiger partial charge is 0.415 e. The number of rotatable bonds is 4. The van der Waals surface area contributed by atoms with E-state index in [1.165, 1.54) is 0 Å². The van der Waals surface area contributed by atoms with Crippen molar-refractivity contribution < 1.29 is 18.3 Å². The Labute approximate surface area is 113 Å². The summed E-state index contributed by atoms with van der Waals surface area (Å²) in [4.78, 5) is 1.70. The molecule has 0 aromatic heterocycles. The van der Waals surface area contributed by atoms with Gasteiger partial charge in [-0.3, -0.25) is 0 Å². The number of nitrogens with one attached hydrogen (secondary N) is 1. The van der Waals surface area contributed by atoms with Gasteiger partial charge in [0, 0.05) is 12.1 Å². The SMILES string of the molecule is CC(C)(C)NCC1CCN(CC(O)C(F)(F)F)CC1. The number of piperidine rings is 1. The van der Waals surface area contributed by atoms with E-state index in [-0.39, 0.29) is 12.1 Å². The van der Waals surface area contributed by atoms with E-state index in [1.54, 1.807) is 4.90 Å². The van der Waals surface area contributed by atoms with E-state index in [9.17, 15) is 13.2 Å². The third-order valence-electron chi connectivity index (χ3n) is 3.44. The molecule has 114 valence electrons. The molecule has 1 atom stereocenters. The van der Waals surface area contributed by atoms with E-state index >= 15 is 0 Å². The van der Waals surface area contributed by atoms with Crippen LogP contribution in [0.25, 0.3) is 0 Å². The number of alkyl halides is 3. The number of aliphatic hydroxyl groups is 1. The summed E-state index contributed by atoms with van der Waals surface area (Å²) < 4.78 is 36.7. The zero-order valence-corrected chi connectivity index (χ0v) is 11.9. The Morgan fingerprint density at radius 3 is 2.16 bits per heavy atom. The van der Waals surface area contributed by atoms with E-state index < -0.39 is 12.3 Å². The van der Waals surface area contributed by atoms with Gasteiger partial charge in [-0.25, -0.2) is 0 Å². The zero-order chi connectivity index (χ0) is 14.7. The average molecular weight is 282 g/mol. The van der Waals surface area contributed by atoms with Crippen LogP contribution in [-0.4, -0.2) is 54.0 Å². The van der Waals surface area contributed by atoms with Gasteiger partial charge in [0.1, 0.15) is 0 Å². The maximum atomic E-state index is 12.2. The average Bonchev–Trinajstić information content (AvgIpc) is 2.26. The van der Waals surface area contributed by atoms with Crippen LogP contribution in [0.4, 0.5) is 13.2 Å². The lowest BCUT2D eigenvalue weighted by Gasteiger charge is -2.34. The Morgan fingerprint density at radius 1 is 1.21 bits per heavy atom. The molecular formula is C13H25F3N2O.